The number of carbonyl (C=O) groups is 1. The Morgan fingerprint density at radius 2 is 1.79 bits per heavy atom. The first-order chi connectivity index (χ1) is 9.16. The van der Waals surface area contributed by atoms with Crippen LogP contribution in [0.4, 0.5) is 0 Å². The molecule has 1 atom stereocenters. The average molecular weight is 252 g/mol. The van der Waals surface area contributed by atoms with Gasteiger partial charge in [0.25, 0.3) is 0 Å². The Morgan fingerprint density at radius 3 is 2.47 bits per heavy atom. The summed E-state index contributed by atoms with van der Waals surface area (Å²) in [5, 5.41) is 0. The third kappa shape index (κ3) is 2.03. The second-order valence-corrected chi connectivity index (χ2v) is 5.22. The van der Waals surface area contributed by atoms with Gasteiger partial charge in [0, 0.05) is 5.56 Å². The van der Waals surface area contributed by atoms with E-state index in [1.54, 1.807) is 0 Å². The van der Waals surface area contributed by atoms with Crippen molar-refractivity contribution in [1.29, 1.82) is 0 Å². The topological polar surface area (TPSA) is 26.3 Å². The minimum absolute atomic E-state index is 0.179. The SMILES string of the molecule is CC(C)c1ccc2c(c1)[C@H](c1ccccc1)C(=O)O2. The highest BCUT2D eigenvalue weighted by atomic mass is 16.5. The molecule has 0 saturated carbocycles. The van der Waals surface area contributed by atoms with E-state index in [1.807, 2.05) is 42.5 Å². The third-order valence-electron chi connectivity index (χ3n) is 3.59. The first kappa shape index (κ1) is 12.0. The van der Waals surface area contributed by atoms with Crippen LogP contribution in [0.15, 0.2) is 48.5 Å². The molecule has 1 aliphatic heterocycles. The fraction of sp³-hybridized carbons (Fsp3) is 0.235. The monoisotopic (exact) mass is 252 g/mol. The maximum atomic E-state index is 12.1. The average Bonchev–Trinajstić information content (AvgIpc) is 2.74. The molecule has 0 radical (unpaired) electrons. The van der Waals surface area contributed by atoms with Gasteiger partial charge in [0.05, 0.1) is 0 Å². The molecule has 19 heavy (non-hydrogen) atoms. The predicted molar refractivity (Wildman–Crippen MR) is 74.5 cm³/mol. The molecule has 0 saturated heterocycles. The van der Waals surface area contributed by atoms with Crippen molar-refractivity contribution in [2.24, 2.45) is 0 Å². The molecule has 0 bridgehead atoms. The molecule has 2 nitrogen and oxygen atoms in total. The van der Waals surface area contributed by atoms with Gasteiger partial charge in [-0.3, -0.25) is 4.79 Å². The lowest BCUT2D eigenvalue weighted by atomic mass is 9.90. The van der Waals surface area contributed by atoms with E-state index in [-0.39, 0.29) is 11.9 Å². The Bertz CT molecular complexity index is 614. The largest absolute Gasteiger partial charge is 0.425 e. The maximum Gasteiger partial charge on any atom is 0.323 e. The van der Waals surface area contributed by atoms with Crippen LogP contribution in [0.5, 0.6) is 5.75 Å². The number of hydrogen-bond acceptors (Lipinski definition) is 2. The van der Waals surface area contributed by atoms with Gasteiger partial charge in [0.15, 0.2) is 0 Å². The zero-order valence-electron chi connectivity index (χ0n) is 11.1. The van der Waals surface area contributed by atoms with E-state index in [1.165, 1.54) is 5.56 Å². The second kappa shape index (κ2) is 4.54. The van der Waals surface area contributed by atoms with Gasteiger partial charge in [-0.25, -0.2) is 0 Å². The van der Waals surface area contributed by atoms with Crippen molar-refractivity contribution in [2.45, 2.75) is 25.7 Å². The van der Waals surface area contributed by atoms with Crippen LogP contribution < -0.4 is 4.74 Å². The Morgan fingerprint density at radius 1 is 1.05 bits per heavy atom. The standard InChI is InChI=1S/C17H16O2/c1-11(2)13-8-9-15-14(10-13)16(17(18)19-15)12-6-4-3-5-7-12/h3-11,16H,1-2H3/t16-/m0/s1. The summed E-state index contributed by atoms with van der Waals surface area (Å²) < 4.78 is 5.37. The molecule has 0 amide bonds. The Balaban J connectivity index is 2.10. The predicted octanol–water partition coefficient (Wildman–Crippen LogP) is 3.86. The molecule has 0 fully saturated rings. The summed E-state index contributed by atoms with van der Waals surface area (Å²) in [7, 11) is 0. The number of ether oxygens (including phenoxy) is 1. The molecule has 1 aliphatic rings. The number of esters is 1. The van der Waals surface area contributed by atoms with Crippen molar-refractivity contribution in [1.82, 2.24) is 0 Å². The zero-order valence-corrected chi connectivity index (χ0v) is 11.1. The van der Waals surface area contributed by atoms with Gasteiger partial charge in [0.2, 0.25) is 0 Å². The fourth-order valence-electron chi connectivity index (χ4n) is 2.50. The molecule has 2 aromatic carbocycles. The van der Waals surface area contributed by atoms with E-state index in [2.05, 4.69) is 19.9 Å². The van der Waals surface area contributed by atoms with Crippen molar-refractivity contribution < 1.29 is 9.53 Å². The summed E-state index contributed by atoms with van der Waals surface area (Å²) in [6.45, 7) is 4.30. The summed E-state index contributed by atoms with van der Waals surface area (Å²) in [6.07, 6.45) is 0. The van der Waals surface area contributed by atoms with E-state index in [9.17, 15) is 4.79 Å². The number of fused-ring (bicyclic) bond motifs is 1. The van der Waals surface area contributed by atoms with Crippen molar-refractivity contribution >= 4 is 5.97 Å². The molecule has 1 heterocycles. The van der Waals surface area contributed by atoms with E-state index in [4.69, 9.17) is 4.74 Å². The van der Waals surface area contributed by atoms with Gasteiger partial charge < -0.3 is 4.74 Å². The molecular formula is C17H16O2. The van der Waals surface area contributed by atoms with E-state index >= 15 is 0 Å². The van der Waals surface area contributed by atoms with Gasteiger partial charge >= 0.3 is 5.97 Å². The molecule has 3 rings (SSSR count). The van der Waals surface area contributed by atoms with Gasteiger partial charge in [-0.05, 0) is 23.1 Å². The molecule has 0 aromatic heterocycles. The molecule has 2 heteroatoms. The third-order valence-corrected chi connectivity index (χ3v) is 3.59. The highest BCUT2D eigenvalue weighted by Crippen LogP contribution is 2.40. The molecule has 0 N–H and O–H groups in total. The molecule has 0 spiro atoms. The molecule has 96 valence electrons. The lowest BCUT2D eigenvalue weighted by Gasteiger charge is -2.10. The van der Waals surface area contributed by atoms with Gasteiger partial charge in [-0.15, -0.1) is 0 Å². The molecule has 0 aliphatic carbocycles. The summed E-state index contributed by atoms with van der Waals surface area (Å²) >= 11 is 0. The smallest absolute Gasteiger partial charge is 0.323 e. The van der Waals surface area contributed by atoms with Crippen LogP contribution >= 0.6 is 0 Å². The first-order valence-electron chi connectivity index (χ1n) is 6.57. The first-order valence-corrected chi connectivity index (χ1v) is 6.57. The van der Waals surface area contributed by atoms with Crippen LogP contribution in [0.25, 0.3) is 0 Å². The number of rotatable bonds is 2. The van der Waals surface area contributed by atoms with Gasteiger partial charge in [0.1, 0.15) is 11.7 Å². The number of benzene rings is 2. The number of carbonyl (C=O) groups excluding carboxylic acids is 1. The maximum absolute atomic E-state index is 12.1. The van der Waals surface area contributed by atoms with Crippen molar-refractivity contribution in [3.8, 4) is 5.75 Å². The van der Waals surface area contributed by atoms with Gasteiger partial charge in [-0.1, -0.05) is 56.3 Å². The highest BCUT2D eigenvalue weighted by Gasteiger charge is 2.34. The van der Waals surface area contributed by atoms with Crippen molar-refractivity contribution in [3.05, 3.63) is 65.2 Å². The summed E-state index contributed by atoms with van der Waals surface area (Å²) in [6, 6.07) is 15.8. The van der Waals surface area contributed by atoms with Crippen molar-refractivity contribution in [2.75, 3.05) is 0 Å². The Hall–Kier alpha value is -2.09. The normalized spacial score (nSPS) is 17.4. The Labute approximate surface area is 113 Å². The van der Waals surface area contributed by atoms with E-state index in [0.29, 0.717) is 11.7 Å². The van der Waals surface area contributed by atoms with Crippen LogP contribution in [0.2, 0.25) is 0 Å². The van der Waals surface area contributed by atoms with E-state index in [0.717, 1.165) is 11.1 Å². The zero-order chi connectivity index (χ0) is 13.4. The van der Waals surface area contributed by atoms with Crippen LogP contribution in [0.3, 0.4) is 0 Å². The summed E-state index contributed by atoms with van der Waals surface area (Å²) in [5.74, 6) is 0.678. The summed E-state index contributed by atoms with van der Waals surface area (Å²) in [5.41, 5.74) is 3.22. The molecule has 2 aromatic rings. The molecular weight excluding hydrogens is 236 g/mol. The molecule has 0 unspecified atom stereocenters. The van der Waals surface area contributed by atoms with Crippen LogP contribution in [0.1, 0.15) is 42.4 Å². The van der Waals surface area contributed by atoms with Gasteiger partial charge in [-0.2, -0.15) is 0 Å². The quantitative estimate of drug-likeness (QED) is 0.599. The van der Waals surface area contributed by atoms with Crippen LogP contribution in [-0.4, -0.2) is 5.97 Å². The highest BCUT2D eigenvalue weighted by molar-refractivity contribution is 5.89. The van der Waals surface area contributed by atoms with Crippen LogP contribution in [-0.2, 0) is 4.79 Å². The number of hydrogen-bond donors (Lipinski definition) is 0. The summed E-state index contributed by atoms with van der Waals surface area (Å²) in [4.78, 5) is 12.1. The lowest BCUT2D eigenvalue weighted by Crippen LogP contribution is -2.11. The second-order valence-electron chi connectivity index (χ2n) is 5.22. The fourth-order valence-corrected chi connectivity index (χ4v) is 2.50. The lowest BCUT2D eigenvalue weighted by molar-refractivity contribution is -0.133. The van der Waals surface area contributed by atoms with Crippen molar-refractivity contribution in [3.63, 3.8) is 0 Å². The Kier molecular flexibility index (Phi) is 2.86. The minimum atomic E-state index is -0.283. The van der Waals surface area contributed by atoms with E-state index < -0.39 is 0 Å². The van der Waals surface area contributed by atoms with Crippen LogP contribution in [0, 0.1) is 0 Å². The minimum Gasteiger partial charge on any atom is -0.425 e.